The van der Waals surface area contributed by atoms with Gasteiger partial charge in [0.15, 0.2) is 4.96 Å². The van der Waals surface area contributed by atoms with Crippen LogP contribution in [0.1, 0.15) is 18.5 Å². The van der Waals surface area contributed by atoms with Crippen LogP contribution in [0, 0.1) is 0 Å². The maximum absolute atomic E-state index is 12.2. The fourth-order valence-corrected chi connectivity index (χ4v) is 4.62. The van der Waals surface area contributed by atoms with Crippen molar-refractivity contribution < 1.29 is 4.79 Å². The Bertz CT molecular complexity index is 1010. The van der Waals surface area contributed by atoms with E-state index in [1.165, 1.54) is 46.4 Å². The summed E-state index contributed by atoms with van der Waals surface area (Å²) in [6, 6.07) is 9.53. The summed E-state index contributed by atoms with van der Waals surface area (Å²) in [5, 5.41) is 4.80. The molecule has 0 spiro atoms. The molecule has 0 atom stereocenters. The molecule has 3 aromatic rings. The Hall–Kier alpha value is -2.32. The number of hydrogen-bond acceptors (Lipinski definition) is 6. The monoisotopic (exact) mass is 400 g/mol. The molecule has 0 aliphatic carbocycles. The van der Waals surface area contributed by atoms with Gasteiger partial charge in [-0.2, -0.15) is 0 Å². The third-order valence-corrected chi connectivity index (χ3v) is 6.16. The Labute approximate surface area is 165 Å². The predicted molar refractivity (Wildman–Crippen MR) is 112 cm³/mol. The van der Waals surface area contributed by atoms with E-state index in [1.54, 1.807) is 6.20 Å². The van der Waals surface area contributed by atoms with Crippen molar-refractivity contribution in [1.82, 2.24) is 9.38 Å². The highest BCUT2D eigenvalue weighted by molar-refractivity contribution is 7.99. The van der Waals surface area contributed by atoms with E-state index >= 15 is 0 Å². The Morgan fingerprint density at radius 1 is 1.26 bits per heavy atom. The van der Waals surface area contributed by atoms with Crippen molar-refractivity contribution in [2.24, 2.45) is 0 Å². The molecule has 3 heterocycles. The molecule has 1 amide bonds. The molecule has 0 unspecified atom stereocenters. The smallest absolute Gasteiger partial charge is 0.258 e. The molecule has 0 saturated carbocycles. The minimum absolute atomic E-state index is 0.0486. The van der Waals surface area contributed by atoms with Crippen LogP contribution in [0.3, 0.4) is 0 Å². The molecular weight excluding hydrogens is 380 g/mol. The van der Waals surface area contributed by atoms with Gasteiger partial charge in [-0.15, -0.1) is 23.1 Å². The minimum Gasteiger partial charge on any atom is -0.371 e. The van der Waals surface area contributed by atoms with Crippen LogP contribution in [0.4, 0.5) is 11.4 Å². The number of thioether (sulfide) groups is 1. The topological polar surface area (TPSA) is 66.7 Å². The highest BCUT2D eigenvalue weighted by Gasteiger charge is 2.13. The van der Waals surface area contributed by atoms with E-state index in [9.17, 15) is 9.59 Å². The second-order valence-corrected chi connectivity index (χ2v) is 8.29. The van der Waals surface area contributed by atoms with Crippen LogP contribution in [0.25, 0.3) is 4.96 Å². The first kappa shape index (κ1) is 18.1. The second kappa shape index (κ2) is 8.14. The Morgan fingerprint density at radius 2 is 2.11 bits per heavy atom. The quantitative estimate of drug-likeness (QED) is 0.688. The molecular formula is C19H20N4O2S2. The van der Waals surface area contributed by atoms with Gasteiger partial charge in [0.1, 0.15) is 0 Å². The molecule has 4 rings (SSSR count). The van der Waals surface area contributed by atoms with E-state index in [-0.39, 0.29) is 11.5 Å². The van der Waals surface area contributed by atoms with Gasteiger partial charge in [-0.1, -0.05) is 6.07 Å². The number of amides is 1. The van der Waals surface area contributed by atoms with E-state index < -0.39 is 0 Å². The lowest BCUT2D eigenvalue weighted by atomic mass is 10.2. The number of rotatable bonds is 6. The first-order chi connectivity index (χ1) is 13.2. The van der Waals surface area contributed by atoms with Gasteiger partial charge < -0.3 is 10.2 Å². The van der Waals surface area contributed by atoms with Crippen LogP contribution in [0.2, 0.25) is 0 Å². The van der Waals surface area contributed by atoms with Crippen molar-refractivity contribution in [3.63, 3.8) is 0 Å². The van der Waals surface area contributed by atoms with Gasteiger partial charge >= 0.3 is 0 Å². The zero-order chi connectivity index (χ0) is 18.6. The minimum atomic E-state index is -0.0833. The summed E-state index contributed by atoms with van der Waals surface area (Å²) in [5.74, 6) is 0.803. The molecule has 1 aromatic carbocycles. The lowest BCUT2D eigenvalue weighted by molar-refractivity contribution is -0.113. The second-order valence-electron chi connectivity index (χ2n) is 6.43. The summed E-state index contributed by atoms with van der Waals surface area (Å²) in [6.45, 7) is 2.16. The van der Waals surface area contributed by atoms with Gasteiger partial charge in [-0.3, -0.25) is 14.0 Å². The summed E-state index contributed by atoms with van der Waals surface area (Å²) in [7, 11) is 0. The standard InChI is InChI=1S/C19H20N4O2S2/c24-17(20-14-4-3-5-16(10-14)22-6-1-2-7-22)13-26-12-15-11-18(25)23-8-9-27-19(23)21-15/h3-5,8-11H,1-2,6-7,12-13H2,(H,20,24). The average molecular weight is 401 g/mol. The maximum atomic E-state index is 12.2. The summed E-state index contributed by atoms with van der Waals surface area (Å²) in [4.78, 5) is 31.7. The maximum Gasteiger partial charge on any atom is 0.258 e. The number of carbonyl (C=O) groups is 1. The van der Waals surface area contributed by atoms with Gasteiger partial charge in [0.05, 0.1) is 11.4 Å². The summed E-state index contributed by atoms with van der Waals surface area (Å²) < 4.78 is 1.53. The molecule has 1 N–H and O–H groups in total. The van der Waals surface area contributed by atoms with Crippen LogP contribution in [-0.4, -0.2) is 34.1 Å². The number of carbonyl (C=O) groups excluding carboxylic acids is 1. The third-order valence-electron chi connectivity index (χ3n) is 4.44. The molecule has 8 heteroatoms. The van der Waals surface area contributed by atoms with Crippen molar-refractivity contribution in [2.45, 2.75) is 18.6 Å². The molecule has 0 radical (unpaired) electrons. The number of nitrogens with one attached hydrogen (secondary N) is 1. The molecule has 1 aliphatic rings. The van der Waals surface area contributed by atoms with Gasteiger partial charge in [0.25, 0.3) is 5.56 Å². The number of nitrogens with zero attached hydrogens (tertiary/aromatic N) is 3. The average Bonchev–Trinajstić information content (AvgIpc) is 3.34. The SMILES string of the molecule is O=C(CSCc1cc(=O)n2ccsc2n1)Nc1cccc(N2CCCC2)c1. The van der Waals surface area contributed by atoms with Crippen molar-refractivity contribution in [1.29, 1.82) is 0 Å². The lowest BCUT2D eigenvalue weighted by Crippen LogP contribution is -2.18. The van der Waals surface area contributed by atoms with E-state index in [4.69, 9.17) is 0 Å². The van der Waals surface area contributed by atoms with Crippen molar-refractivity contribution >= 4 is 45.3 Å². The highest BCUT2D eigenvalue weighted by Crippen LogP contribution is 2.23. The van der Waals surface area contributed by atoms with E-state index in [1.807, 2.05) is 23.6 Å². The highest BCUT2D eigenvalue weighted by atomic mass is 32.2. The zero-order valence-corrected chi connectivity index (χ0v) is 16.4. The summed E-state index contributed by atoms with van der Waals surface area (Å²) in [5.41, 5.74) is 2.60. The molecule has 1 saturated heterocycles. The van der Waals surface area contributed by atoms with Gasteiger partial charge in [0.2, 0.25) is 5.91 Å². The van der Waals surface area contributed by atoms with E-state index in [2.05, 4.69) is 21.3 Å². The fraction of sp³-hybridized carbons (Fsp3) is 0.316. The molecule has 2 aromatic heterocycles. The van der Waals surface area contributed by atoms with Crippen molar-refractivity contribution in [3.8, 4) is 0 Å². The zero-order valence-electron chi connectivity index (χ0n) is 14.8. The summed E-state index contributed by atoms with van der Waals surface area (Å²) >= 11 is 2.88. The van der Waals surface area contributed by atoms with Crippen molar-refractivity contribution in [3.05, 3.63) is 58.0 Å². The Morgan fingerprint density at radius 3 is 2.96 bits per heavy atom. The number of aromatic nitrogens is 2. The van der Waals surface area contributed by atoms with Crippen LogP contribution < -0.4 is 15.8 Å². The molecule has 0 bridgehead atoms. The first-order valence-corrected chi connectivity index (χ1v) is 10.9. The number of benzene rings is 1. The van der Waals surface area contributed by atoms with Gasteiger partial charge in [0, 0.05) is 47.9 Å². The lowest BCUT2D eigenvalue weighted by Gasteiger charge is -2.18. The first-order valence-electron chi connectivity index (χ1n) is 8.87. The van der Waals surface area contributed by atoms with Crippen LogP contribution in [0.15, 0.2) is 46.7 Å². The molecule has 140 valence electrons. The number of hydrogen-bond donors (Lipinski definition) is 1. The van der Waals surface area contributed by atoms with Crippen molar-refractivity contribution in [2.75, 3.05) is 29.1 Å². The Balaban J connectivity index is 1.31. The van der Waals surface area contributed by atoms with E-state index in [0.717, 1.165) is 24.5 Å². The van der Waals surface area contributed by atoms with Crippen LogP contribution in [0.5, 0.6) is 0 Å². The van der Waals surface area contributed by atoms with Gasteiger partial charge in [-0.25, -0.2) is 4.98 Å². The van der Waals surface area contributed by atoms with Gasteiger partial charge in [-0.05, 0) is 31.0 Å². The Kier molecular flexibility index (Phi) is 5.45. The largest absolute Gasteiger partial charge is 0.371 e. The number of fused-ring (bicyclic) bond motifs is 1. The predicted octanol–water partition coefficient (Wildman–Crippen LogP) is 3.23. The molecule has 27 heavy (non-hydrogen) atoms. The summed E-state index contributed by atoms with van der Waals surface area (Å²) in [6.07, 6.45) is 4.17. The molecule has 1 aliphatic heterocycles. The van der Waals surface area contributed by atoms with E-state index in [0.29, 0.717) is 22.2 Å². The third kappa shape index (κ3) is 4.33. The fourth-order valence-electron chi connectivity index (χ4n) is 3.16. The normalized spacial score (nSPS) is 14.0. The van der Waals surface area contributed by atoms with Crippen LogP contribution >= 0.6 is 23.1 Å². The number of anilines is 2. The molecule has 1 fully saturated rings. The molecule has 6 nitrogen and oxygen atoms in total. The van der Waals surface area contributed by atoms with Crippen LogP contribution in [-0.2, 0) is 10.5 Å². The number of thiazole rings is 1.